The van der Waals surface area contributed by atoms with Crippen LogP contribution in [0.4, 0.5) is 18.9 Å². The largest absolute Gasteiger partial charge is 0.416 e. The lowest BCUT2D eigenvalue weighted by atomic mass is 10.2. The van der Waals surface area contributed by atoms with E-state index >= 15 is 0 Å². The van der Waals surface area contributed by atoms with Crippen molar-refractivity contribution < 1.29 is 22.8 Å². The van der Waals surface area contributed by atoms with Gasteiger partial charge in [0.2, 0.25) is 0 Å². The van der Waals surface area contributed by atoms with Crippen LogP contribution in [-0.4, -0.2) is 11.8 Å². The van der Waals surface area contributed by atoms with Gasteiger partial charge < -0.3 is 0 Å². The van der Waals surface area contributed by atoms with Gasteiger partial charge >= 0.3 is 6.18 Å². The van der Waals surface area contributed by atoms with Crippen molar-refractivity contribution in [2.24, 2.45) is 0 Å². The standard InChI is InChI=1S/C12H7ClF3NO2/c1-6-4-10(18)17(11(6)19)9-3-2-7(5-8(9)13)12(14,15)16/h2-5H,1H3. The molecule has 1 aliphatic rings. The molecule has 0 bridgehead atoms. The first-order chi connectivity index (χ1) is 8.71. The number of alkyl halides is 3. The maximum Gasteiger partial charge on any atom is 0.416 e. The molecular weight excluding hydrogens is 283 g/mol. The van der Waals surface area contributed by atoms with Crippen LogP contribution in [0, 0.1) is 0 Å². The lowest BCUT2D eigenvalue weighted by molar-refractivity contribution is -0.137. The Bertz CT molecular complexity index is 607. The van der Waals surface area contributed by atoms with Crippen LogP contribution in [0.2, 0.25) is 5.02 Å². The van der Waals surface area contributed by atoms with E-state index in [0.29, 0.717) is 6.07 Å². The molecule has 2 amide bonds. The predicted octanol–water partition coefficient (Wildman–Crippen LogP) is 3.18. The molecule has 0 unspecified atom stereocenters. The van der Waals surface area contributed by atoms with E-state index in [1.807, 2.05) is 0 Å². The van der Waals surface area contributed by atoms with E-state index < -0.39 is 23.6 Å². The van der Waals surface area contributed by atoms with Crippen LogP contribution in [0.15, 0.2) is 29.8 Å². The van der Waals surface area contributed by atoms with Crippen molar-refractivity contribution in [2.75, 3.05) is 4.90 Å². The van der Waals surface area contributed by atoms with Gasteiger partial charge in [-0.1, -0.05) is 11.6 Å². The Balaban J connectivity index is 2.44. The van der Waals surface area contributed by atoms with Crippen molar-refractivity contribution in [1.29, 1.82) is 0 Å². The zero-order chi connectivity index (χ0) is 14.4. The Labute approximate surface area is 111 Å². The summed E-state index contributed by atoms with van der Waals surface area (Å²) in [4.78, 5) is 24.0. The molecule has 19 heavy (non-hydrogen) atoms. The minimum Gasteiger partial charge on any atom is -0.269 e. The lowest BCUT2D eigenvalue weighted by Gasteiger charge is -2.17. The fourth-order valence-electron chi connectivity index (χ4n) is 1.68. The zero-order valence-electron chi connectivity index (χ0n) is 9.58. The second kappa shape index (κ2) is 4.38. The number of anilines is 1. The van der Waals surface area contributed by atoms with Gasteiger partial charge in [0.15, 0.2) is 0 Å². The average molecular weight is 290 g/mol. The first-order valence-corrected chi connectivity index (χ1v) is 5.53. The Morgan fingerprint density at radius 2 is 1.84 bits per heavy atom. The molecule has 1 aliphatic heterocycles. The number of amides is 2. The van der Waals surface area contributed by atoms with E-state index in [-0.39, 0.29) is 16.3 Å². The second-order valence-corrected chi connectivity index (χ2v) is 4.38. The minimum atomic E-state index is -4.53. The number of halogens is 4. The van der Waals surface area contributed by atoms with Gasteiger partial charge in [-0.3, -0.25) is 9.59 Å². The van der Waals surface area contributed by atoms with E-state index in [1.165, 1.54) is 6.92 Å². The number of carbonyl (C=O) groups is 2. The van der Waals surface area contributed by atoms with Gasteiger partial charge in [0.05, 0.1) is 16.3 Å². The van der Waals surface area contributed by atoms with Gasteiger partial charge in [-0.25, -0.2) is 4.90 Å². The zero-order valence-corrected chi connectivity index (χ0v) is 10.3. The fourth-order valence-corrected chi connectivity index (χ4v) is 1.95. The minimum absolute atomic E-state index is 0.0576. The smallest absolute Gasteiger partial charge is 0.269 e. The number of rotatable bonds is 1. The third-order valence-electron chi connectivity index (χ3n) is 2.62. The molecule has 3 nitrogen and oxygen atoms in total. The van der Waals surface area contributed by atoms with E-state index in [9.17, 15) is 22.8 Å². The first-order valence-electron chi connectivity index (χ1n) is 5.15. The van der Waals surface area contributed by atoms with Crippen LogP contribution in [0.3, 0.4) is 0 Å². The van der Waals surface area contributed by atoms with Crippen molar-refractivity contribution in [2.45, 2.75) is 13.1 Å². The average Bonchev–Trinajstić information content (AvgIpc) is 2.53. The van der Waals surface area contributed by atoms with Crippen molar-refractivity contribution in [3.05, 3.63) is 40.4 Å². The molecule has 0 atom stereocenters. The molecule has 7 heteroatoms. The van der Waals surface area contributed by atoms with E-state index in [0.717, 1.165) is 23.1 Å². The molecule has 0 aliphatic carbocycles. The molecule has 0 saturated carbocycles. The molecule has 1 aromatic carbocycles. The summed E-state index contributed by atoms with van der Waals surface area (Å²) in [5, 5.41) is -0.306. The highest BCUT2D eigenvalue weighted by molar-refractivity contribution is 6.38. The quantitative estimate of drug-likeness (QED) is 0.745. The van der Waals surface area contributed by atoms with E-state index in [4.69, 9.17) is 11.6 Å². The Hall–Kier alpha value is -1.82. The first kappa shape index (κ1) is 13.6. The molecule has 100 valence electrons. The van der Waals surface area contributed by atoms with Crippen LogP contribution < -0.4 is 4.90 Å². The number of hydrogen-bond donors (Lipinski definition) is 0. The highest BCUT2D eigenvalue weighted by atomic mass is 35.5. The van der Waals surface area contributed by atoms with Crippen molar-refractivity contribution in [1.82, 2.24) is 0 Å². The molecule has 1 heterocycles. The summed E-state index contributed by atoms with van der Waals surface area (Å²) in [6.07, 6.45) is -3.42. The summed E-state index contributed by atoms with van der Waals surface area (Å²) in [6, 6.07) is 2.47. The van der Waals surface area contributed by atoms with Crippen LogP contribution >= 0.6 is 11.6 Å². The highest BCUT2D eigenvalue weighted by Gasteiger charge is 2.34. The normalized spacial score (nSPS) is 16.1. The van der Waals surface area contributed by atoms with Gasteiger partial charge in [0.25, 0.3) is 11.8 Å². The third kappa shape index (κ3) is 2.35. The molecule has 2 rings (SSSR count). The van der Waals surface area contributed by atoms with Crippen molar-refractivity contribution >= 4 is 29.1 Å². The summed E-state index contributed by atoms with van der Waals surface area (Å²) in [7, 11) is 0. The van der Waals surface area contributed by atoms with Gasteiger partial charge in [-0.15, -0.1) is 0 Å². The van der Waals surface area contributed by atoms with Crippen LogP contribution in [0.5, 0.6) is 0 Å². The van der Waals surface area contributed by atoms with Crippen molar-refractivity contribution in [3.8, 4) is 0 Å². The number of nitrogens with zero attached hydrogens (tertiary/aromatic N) is 1. The molecule has 0 spiro atoms. The lowest BCUT2D eigenvalue weighted by Crippen LogP contribution is -2.30. The Morgan fingerprint density at radius 3 is 2.26 bits per heavy atom. The van der Waals surface area contributed by atoms with E-state index in [2.05, 4.69) is 0 Å². The molecule has 1 aromatic rings. The summed E-state index contributed by atoms with van der Waals surface area (Å²) in [6.45, 7) is 1.44. The predicted molar refractivity (Wildman–Crippen MR) is 62.7 cm³/mol. The fraction of sp³-hybridized carbons (Fsp3) is 0.167. The molecule has 0 fully saturated rings. The number of hydrogen-bond acceptors (Lipinski definition) is 2. The van der Waals surface area contributed by atoms with Gasteiger partial charge in [-0.2, -0.15) is 13.2 Å². The van der Waals surface area contributed by atoms with Crippen LogP contribution in [0.25, 0.3) is 0 Å². The van der Waals surface area contributed by atoms with E-state index in [1.54, 1.807) is 0 Å². The maximum absolute atomic E-state index is 12.5. The van der Waals surface area contributed by atoms with Gasteiger partial charge in [-0.05, 0) is 25.1 Å². The second-order valence-electron chi connectivity index (χ2n) is 3.97. The Morgan fingerprint density at radius 1 is 1.21 bits per heavy atom. The molecule has 0 saturated heterocycles. The van der Waals surface area contributed by atoms with Gasteiger partial charge in [0.1, 0.15) is 0 Å². The van der Waals surface area contributed by atoms with Gasteiger partial charge in [0, 0.05) is 11.6 Å². The summed E-state index contributed by atoms with van der Waals surface area (Å²) < 4.78 is 37.4. The summed E-state index contributed by atoms with van der Waals surface area (Å²) >= 11 is 5.72. The number of imide groups is 1. The summed E-state index contributed by atoms with van der Waals surface area (Å²) in [5.41, 5.74) is -0.788. The third-order valence-corrected chi connectivity index (χ3v) is 2.92. The number of carbonyl (C=O) groups excluding carboxylic acids is 2. The molecular formula is C12H7ClF3NO2. The SMILES string of the molecule is CC1=CC(=O)N(c2ccc(C(F)(F)F)cc2Cl)C1=O. The topological polar surface area (TPSA) is 37.4 Å². The van der Waals surface area contributed by atoms with Crippen LogP contribution in [-0.2, 0) is 15.8 Å². The Kier molecular flexibility index (Phi) is 3.14. The van der Waals surface area contributed by atoms with Crippen LogP contribution in [0.1, 0.15) is 12.5 Å². The molecule has 0 aromatic heterocycles. The number of benzene rings is 1. The molecule has 0 N–H and O–H groups in total. The summed E-state index contributed by atoms with van der Waals surface area (Å²) in [5.74, 6) is -1.21. The highest BCUT2D eigenvalue weighted by Crippen LogP contribution is 2.36. The van der Waals surface area contributed by atoms with Crippen molar-refractivity contribution in [3.63, 3.8) is 0 Å². The maximum atomic E-state index is 12.5. The molecule has 0 radical (unpaired) electrons. The monoisotopic (exact) mass is 289 g/mol.